The van der Waals surface area contributed by atoms with Gasteiger partial charge in [0, 0.05) is 21.1 Å². The van der Waals surface area contributed by atoms with Crippen LogP contribution in [0, 0.1) is 6.92 Å². The van der Waals surface area contributed by atoms with Gasteiger partial charge in [-0.2, -0.15) is 0 Å². The highest BCUT2D eigenvalue weighted by atomic mass is 79.9. The largest absolute Gasteiger partial charge is 0.489 e. The summed E-state index contributed by atoms with van der Waals surface area (Å²) in [6.45, 7) is 2.73. The van der Waals surface area contributed by atoms with Gasteiger partial charge in [0.2, 0.25) is 0 Å². The van der Waals surface area contributed by atoms with Gasteiger partial charge in [0.1, 0.15) is 12.4 Å². The molecule has 0 unspecified atom stereocenters. The Kier molecular flexibility index (Phi) is 4.33. The summed E-state index contributed by atoms with van der Waals surface area (Å²) >= 11 is 3.49. The molecule has 0 spiro atoms. The molecule has 1 aromatic heterocycles. The van der Waals surface area contributed by atoms with Gasteiger partial charge in [-0.05, 0) is 53.9 Å². The number of H-pyrrole nitrogens is 1. The van der Waals surface area contributed by atoms with E-state index in [-0.39, 0.29) is 0 Å². The van der Waals surface area contributed by atoms with Crippen LogP contribution >= 0.6 is 15.9 Å². The van der Waals surface area contributed by atoms with Gasteiger partial charge in [0.15, 0.2) is 0 Å². The van der Waals surface area contributed by atoms with Crippen molar-refractivity contribution in [3.63, 3.8) is 0 Å². The monoisotopic (exact) mass is 391 g/mol. The molecule has 0 aliphatic carbocycles. The molecule has 0 saturated carbocycles. The molecule has 2 nitrogen and oxygen atoms in total. The molecule has 1 heterocycles. The van der Waals surface area contributed by atoms with Gasteiger partial charge in [-0.15, -0.1) is 0 Å². The van der Waals surface area contributed by atoms with Gasteiger partial charge in [0.25, 0.3) is 0 Å². The predicted molar refractivity (Wildman–Crippen MR) is 107 cm³/mol. The minimum absolute atomic E-state index is 0.579. The van der Waals surface area contributed by atoms with E-state index >= 15 is 0 Å². The number of aryl methyl sites for hydroxylation is 1. The van der Waals surface area contributed by atoms with Gasteiger partial charge >= 0.3 is 0 Å². The van der Waals surface area contributed by atoms with E-state index in [4.69, 9.17) is 4.74 Å². The number of hydrogen-bond acceptors (Lipinski definition) is 1. The van der Waals surface area contributed by atoms with Gasteiger partial charge < -0.3 is 9.72 Å². The second-order valence-corrected chi connectivity index (χ2v) is 7.03. The zero-order chi connectivity index (χ0) is 17.2. The zero-order valence-electron chi connectivity index (χ0n) is 13.9. The first kappa shape index (κ1) is 16.0. The predicted octanol–water partition coefficient (Wildman–Crippen LogP) is 6.48. The molecule has 0 aliphatic heterocycles. The smallest absolute Gasteiger partial charge is 0.120 e. The SMILES string of the molecule is Cc1c(-c2ccc(Br)cc2)[nH]c2ccc(OCc3ccccc3)cc12. The lowest BCUT2D eigenvalue weighted by molar-refractivity contribution is 0.306. The van der Waals surface area contributed by atoms with Gasteiger partial charge in [-0.3, -0.25) is 0 Å². The quantitative estimate of drug-likeness (QED) is 0.422. The summed E-state index contributed by atoms with van der Waals surface area (Å²) in [5.41, 5.74) is 5.88. The highest BCUT2D eigenvalue weighted by Gasteiger charge is 2.10. The summed E-state index contributed by atoms with van der Waals surface area (Å²) in [5.74, 6) is 0.890. The van der Waals surface area contributed by atoms with Crippen LogP contribution in [-0.4, -0.2) is 4.98 Å². The number of rotatable bonds is 4. The molecule has 0 atom stereocenters. The lowest BCUT2D eigenvalue weighted by Crippen LogP contribution is -1.94. The van der Waals surface area contributed by atoms with E-state index in [1.54, 1.807) is 0 Å². The Labute approximate surface area is 155 Å². The molecule has 25 heavy (non-hydrogen) atoms. The van der Waals surface area contributed by atoms with Crippen LogP contribution in [-0.2, 0) is 6.61 Å². The maximum atomic E-state index is 5.97. The van der Waals surface area contributed by atoms with Gasteiger partial charge in [-0.1, -0.05) is 58.4 Å². The van der Waals surface area contributed by atoms with Crippen LogP contribution in [0.4, 0.5) is 0 Å². The minimum atomic E-state index is 0.579. The lowest BCUT2D eigenvalue weighted by Gasteiger charge is -2.06. The van der Waals surface area contributed by atoms with E-state index in [0.717, 1.165) is 21.4 Å². The van der Waals surface area contributed by atoms with Crippen LogP contribution in [0.5, 0.6) is 5.75 Å². The number of halogens is 1. The molecule has 124 valence electrons. The van der Waals surface area contributed by atoms with Crippen molar-refractivity contribution in [3.8, 4) is 17.0 Å². The molecule has 0 fully saturated rings. The highest BCUT2D eigenvalue weighted by molar-refractivity contribution is 9.10. The Hall–Kier alpha value is -2.52. The van der Waals surface area contributed by atoms with E-state index in [2.05, 4.69) is 76.4 Å². The fraction of sp³-hybridized carbons (Fsp3) is 0.0909. The third kappa shape index (κ3) is 3.33. The summed E-state index contributed by atoms with van der Waals surface area (Å²) in [6.07, 6.45) is 0. The number of aromatic amines is 1. The molecule has 0 bridgehead atoms. The Balaban J connectivity index is 1.64. The molecule has 0 amide bonds. The minimum Gasteiger partial charge on any atom is -0.489 e. The maximum Gasteiger partial charge on any atom is 0.120 e. The van der Waals surface area contributed by atoms with E-state index < -0.39 is 0 Å². The van der Waals surface area contributed by atoms with Crippen LogP contribution < -0.4 is 4.74 Å². The second-order valence-electron chi connectivity index (χ2n) is 6.11. The summed E-state index contributed by atoms with van der Waals surface area (Å²) in [5, 5.41) is 1.20. The topological polar surface area (TPSA) is 25.0 Å². The van der Waals surface area contributed by atoms with Crippen molar-refractivity contribution in [3.05, 3.63) is 88.4 Å². The number of aromatic nitrogens is 1. The van der Waals surface area contributed by atoms with Crippen molar-refractivity contribution in [2.75, 3.05) is 0 Å². The summed E-state index contributed by atoms with van der Waals surface area (Å²) in [6, 6.07) is 24.8. The van der Waals surface area contributed by atoms with Gasteiger partial charge in [-0.25, -0.2) is 0 Å². The fourth-order valence-corrected chi connectivity index (χ4v) is 3.31. The Bertz CT molecular complexity index is 1000. The zero-order valence-corrected chi connectivity index (χ0v) is 15.5. The number of hydrogen-bond donors (Lipinski definition) is 1. The molecular weight excluding hydrogens is 374 g/mol. The average Bonchev–Trinajstić information content (AvgIpc) is 2.98. The van der Waals surface area contributed by atoms with Crippen LogP contribution in [0.25, 0.3) is 22.2 Å². The first-order valence-electron chi connectivity index (χ1n) is 8.26. The van der Waals surface area contributed by atoms with E-state index in [9.17, 15) is 0 Å². The first-order chi connectivity index (χ1) is 12.2. The maximum absolute atomic E-state index is 5.97. The molecule has 3 aromatic carbocycles. The van der Waals surface area contributed by atoms with Crippen molar-refractivity contribution in [1.29, 1.82) is 0 Å². The summed E-state index contributed by atoms with van der Waals surface area (Å²) < 4.78 is 7.05. The van der Waals surface area contributed by atoms with Crippen LogP contribution in [0.3, 0.4) is 0 Å². The molecule has 4 aromatic rings. The van der Waals surface area contributed by atoms with Crippen LogP contribution in [0.15, 0.2) is 77.3 Å². The van der Waals surface area contributed by atoms with Crippen molar-refractivity contribution < 1.29 is 4.74 Å². The summed E-state index contributed by atoms with van der Waals surface area (Å²) in [4.78, 5) is 3.53. The van der Waals surface area contributed by atoms with E-state index in [1.165, 1.54) is 22.1 Å². The van der Waals surface area contributed by atoms with Crippen LogP contribution in [0.2, 0.25) is 0 Å². The van der Waals surface area contributed by atoms with Crippen molar-refractivity contribution in [2.24, 2.45) is 0 Å². The normalized spacial score (nSPS) is 11.0. The number of benzene rings is 3. The Morgan fingerprint density at radius 1 is 0.920 bits per heavy atom. The molecule has 3 heteroatoms. The van der Waals surface area contributed by atoms with E-state index in [1.807, 2.05) is 24.3 Å². The average molecular weight is 392 g/mol. The first-order valence-corrected chi connectivity index (χ1v) is 9.05. The van der Waals surface area contributed by atoms with Crippen molar-refractivity contribution >= 4 is 26.8 Å². The fourth-order valence-electron chi connectivity index (χ4n) is 3.04. The number of ether oxygens (including phenoxy) is 1. The number of nitrogens with one attached hydrogen (secondary N) is 1. The van der Waals surface area contributed by atoms with Crippen molar-refractivity contribution in [2.45, 2.75) is 13.5 Å². The molecule has 0 radical (unpaired) electrons. The van der Waals surface area contributed by atoms with E-state index in [0.29, 0.717) is 6.61 Å². The third-order valence-corrected chi connectivity index (χ3v) is 4.94. The Morgan fingerprint density at radius 2 is 1.68 bits per heavy atom. The Morgan fingerprint density at radius 3 is 2.44 bits per heavy atom. The molecule has 4 rings (SSSR count). The molecular formula is C22H18BrNO. The molecule has 0 saturated heterocycles. The standard InChI is InChI=1S/C22H18BrNO/c1-15-20-13-19(25-14-16-5-3-2-4-6-16)11-12-21(20)24-22(15)17-7-9-18(23)10-8-17/h2-13,24H,14H2,1H3. The van der Waals surface area contributed by atoms with Crippen molar-refractivity contribution in [1.82, 2.24) is 4.98 Å². The lowest BCUT2D eigenvalue weighted by atomic mass is 10.1. The highest BCUT2D eigenvalue weighted by Crippen LogP contribution is 2.32. The molecule has 0 aliphatic rings. The third-order valence-electron chi connectivity index (χ3n) is 4.41. The van der Waals surface area contributed by atoms with Gasteiger partial charge in [0.05, 0.1) is 0 Å². The molecule has 1 N–H and O–H groups in total. The summed E-state index contributed by atoms with van der Waals surface area (Å²) in [7, 11) is 0. The van der Waals surface area contributed by atoms with Crippen LogP contribution in [0.1, 0.15) is 11.1 Å². The number of fused-ring (bicyclic) bond motifs is 1. The second kappa shape index (κ2) is 6.77.